The van der Waals surface area contributed by atoms with Crippen LogP contribution in [0.4, 0.5) is 20.3 Å². The highest BCUT2D eigenvalue weighted by atomic mass is 19.1. The molecule has 1 unspecified atom stereocenters. The van der Waals surface area contributed by atoms with Crippen molar-refractivity contribution in [3.63, 3.8) is 0 Å². The van der Waals surface area contributed by atoms with Gasteiger partial charge in [0.15, 0.2) is 5.82 Å². The maximum atomic E-state index is 15.3. The van der Waals surface area contributed by atoms with Crippen LogP contribution in [0.1, 0.15) is 56.7 Å². The lowest BCUT2D eigenvalue weighted by atomic mass is 9.95. The van der Waals surface area contributed by atoms with E-state index in [1.54, 1.807) is 18.2 Å². The molecule has 0 bridgehead atoms. The smallest absolute Gasteiger partial charge is 0.229 e. The largest absolute Gasteiger partial charge is 0.396 e. The summed E-state index contributed by atoms with van der Waals surface area (Å²) in [4.78, 5) is 29.1. The highest BCUT2D eigenvalue weighted by Crippen LogP contribution is 2.37. The van der Waals surface area contributed by atoms with Gasteiger partial charge >= 0.3 is 0 Å². The van der Waals surface area contributed by atoms with Gasteiger partial charge in [-0.25, -0.2) is 18.7 Å². The minimum atomic E-state index is -0.569. The number of rotatable bonds is 6. The van der Waals surface area contributed by atoms with Crippen LogP contribution in [0.2, 0.25) is 0 Å². The molecule has 2 aliphatic rings. The Balaban J connectivity index is 1.28. The molecule has 0 aliphatic carbocycles. The molecule has 208 valence electrons. The molecule has 6 rings (SSSR count). The molecule has 1 atom stereocenters. The topological polar surface area (TPSA) is 108 Å². The average Bonchev–Trinajstić information content (AvgIpc) is 3.60. The minimum Gasteiger partial charge on any atom is -0.396 e. The van der Waals surface area contributed by atoms with Crippen molar-refractivity contribution < 1.29 is 23.2 Å². The zero-order chi connectivity index (χ0) is 28.0. The third-order valence-electron chi connectivity index (χ3n) is 7.84. The number of hydrogen-bond donors (Lipinski definition) is 1. The van der Waals surface area contributed by atoms with Gasteiger partial charge in [-0.3, -0.25) is 4.79 Å². The summed E-state index contributed by atoms with van der Waals surface area (Å²) in [6.45, 7) is 5.42. The molecular formula is C29H30F2N6O3. The highest BCUT2D eigenvalue weighted by Gasteiger charge is 2.32. The first kappa shape index (κ1) is 26.2. The number of piperidine rings is 1. The van der Waals surface area contributed by atoms with Gasteiger partial charge in [0.05, 0.1) is 16.6 Å². The van der Waals surface area contributed by atoms with Gasteiger partial charge in [-0.05, 0) is 42.7 Å². The van der Waals surface area contributed by atoms with Gasteiger partial charge in [-0.1, -0.05) is 25.1 Å². The normalized spacial score (nSPS) is 18.4. The summed E-state index contributed by atoms with van der Waals surface area (Å²) in [6, 6.07) is 7.53. The van der Waals surface area contributed by atoms with Crippen molar-refractivity contribution in [2.24, 2.45) is 5.92 Å². The zero-order valence-electron chi connectivity index (χ0n) is 22.3. The van der Waals surface area contributed by atoms with Crippen molar-refractivity contribution in [3.05, 3.63) is 60.0 Å². The molecule has 2 saturated heterocycles. The van der Waals surface area contributed by atoms with Crippen molar-refractivity contribution in [3.8, 4) is 11.1 Å². The minimum absolute atomic E-state index is 0.126. The molecule has 11 heteroatoms. The second kappa shape index (κ2) is 10.5. The van der Waals surface area contributed by atoms with Crippen LogP contribution in [0, 0.1) is 17.6 Å². The maximum Gasteiger partial charge on any atom is 0.229 e. The maximum absolute atomic E-state index is 15.3. The number of amides is 1. The quantitative estimate of drug-likeness (QED) is 0.366. The lowest BCUT2D eigenvalue weighted by molar-refractivity contribution is -0.117. The Kier molecular flexibility index (Phi) is 6.91. The third-order valence-corrected chi connectivity index (χ3v) is 7.84. The number of benzene rings is 2. The Morgan fingerprint density at radius 1 is 1.10 bits per heavy atom. The van der Waals surface area contributed by atoms with E-state index in [0.29, 0.717) is 47.3 Å². The van der Waals surface area contributed by atoms with Crippen LogP contribution >= 0.6 is 0 Å². The summed E-state index contributed by atoms with van der Waals surface area (Å²) in [7, 11) is 0. The van der Waals surface area contributed by atoms with Crippen LogP contribution < -0.4 is 9.80 Å². The first-order valence-electron chi connectivity index (χ1n) is 13.6. The number of aliphatic hydroxyl groups excluding tert-OH is 1. The number of halogens is 2. The number of fused-ring (bicyclic) bond motifs is 1. The van der Waals surface area contributed by atoms with Gasteiger partial charge in [-0.2, -0.15) is 4.98 Å². The number of anilines is 2. The van der Waals surface area contributed by atoms with E-state index in [2.05, 4.69) is 20.1 Å². The van der Waals surface area contributed by atoms with Crippen LogP contribution in [0.15, 0.2) is 41.2 Å². The van der Waals surface area contributed by atoms with Crippen molar-refractivity contribution in [2.75, 3.05) is 36.0 Å². The van der Waals surface area contributed by atoms with E-state index in [9.17, 15) is 9.90 Å². The average molecular weight is 549 g/mol. The highest BCUT2D eigenvalue weighted by molar-refractivity contribution is 6.00. The molecule has 4 aromatic rings. The summed E-state index contributed by atoms with van der Waals surface area (Å²) in [6.07, 6.45) is 3.13. The Bertz CT molecular complexity index is 1570. The van der Waals surface area contributed by atoms with Crippen molar-refractivity contribution in [1.29, 1.82) is 0 Å². The standard InChI is InChI=1S/C29H30F2N6O3/c1-16(2)29-34-27(35-40-29)18-7-9-36(10-8-18)28-25-21(30)5-4-20(26(25)32-15-33-28)19-3-6-23(22(31)12-19)37-13-17(14-38)11-24(37)39/h3-6,12,15-18,38H,7-11,13-14H2,1-2H3. The number of carbonyl (C=O) groups is 1. The molecule has 4 heterocycles. The molecule has 40 heavy (non-hydrogen) atoms. The summed E-state index contributed by atoms with van der Waals surface area (Å²) in [5.41, 5.74) is 1.63. The predicted octanol–water partition coefficient (Wildman–Crippen LogP) is 4.81. The molecule has 1 amide bonds. The van der Waals surface area contributed by atoms with E-state index in [1.807, 2.05) is 18.7 Å². The fourth-order valence-electron chi connectivity index (χ4n) is 5.62. The van der Waals surface area contributed by atoms with Crippen molar-refractivity contribution in [2.45, 2.75) is 44.9 Å². The van der Waals surface area contributed by atoms with E-state index in [4.69, 9.17) is 4.52 Å². The Labute approximate surface area is 229 Å². The van der Waals surface area contributed by atoms with E-state index >= 15 is 8.78 Å². The molecule has 2 aliphatic heterocycles. The number of aliphatic hydroxyl groups is 1. The summed E-state index contributed by atoms with van der Waals surface area (Å²) < 4.78 is 36.0. The first-order valence-corrected chi connectivity index (χ1v) is 13.6. The molecular weight excluding hydrogens is 518 g/mol. The summed E-state index contributed by atoms with van der Waals surface area (Å²) in [5.74, 6) is 0.683. The summed E-state index contributed by atoms with van der Waals surface area (Å²) in [5, 5.41) is 13.9. The van der Waals surface area contributed by atoms with Gasteiger partial charge < -0.3 is 19.4 Å². The number of nitrogens with zero attached hydrogens (tertiary/aromatic N) is 6. The number of carbonyl (C=O) groups excluding carboxylic acids is 1. The van der Waals surface area contributed by atoms with Crippen LogP contribution in [-0.2, 0) is 4.79 Å². The van der Waals surface area contributed by atoms with E-state index in [-0.39, 0.29) is 54.3 Å². The van der Waals surface area contributed by atoms with Crippen molar-refractivity contribution in [1.82, 2.24) is 20.1 Å². The molecule has 0 spiro atoms. The molecule has 0 saturated carbocycles. The van der Waals surface area contributed by atoms with Gasteiger partial charge in [-0.15, -0.1) is 0 Å². The van der Waals surface area contributed by atoms with Gasteiger partial charge in [0, 0.05) is 56.0 Å². The Morgan fingerprint density at radius 2 is 1.90 bits per heavy atom. The Hall–Kier alpha value is -3.99. The first-order chi connectivity index (χ1) is 19.3. The van der Waals surface area contributed by atoms with E-state index < -0.39 is 11.6 Å². The number of hydrogen-bond acceptors (Lipinski definition) is 8. The van der Waals surface area contributed by atoms with Gasteiger partial charge in [0.2, 0.25) is 11.8 Å². The van der Waals surface area contributed by atoms with E-state index in [0.717, 1.165) is 12.8 Å². The van der Waals surface area contributed by atoms with Crippen LogP contribution in [0.5, 0.6) is 0 Å². The lowest BCUT2D eigenvalue weighted by Gasteiger charge is -2.32. The fourth-order valence-corrected chi connectivity index (χ4v) is 5.62. The molecule has 1 N–H and O–H groups in total. The van der Waals surface area contributed by atoms with E-state index in [1.165, 1.54) is 23.4 Å². The van der Waals surface area contributed by atoms with Crippen molar-refractivity contribution >= 4 is 28.3 Å². The second-order valence-electron chi connectivity index (χ2n) is 10.8. The molecule has 2 aromatic carbocycles. The third kappa shape index (κ3) is 4.68. The zero-order valence-corrected chi connectivity index (χ0v) is 22.3. The van der Waals surface area contributed by atoms with Crippen LogP contribution in [-0.4, -0.2) is 57.4 Å². The molecule has 2 aromatic heterocycles. The monoisotopic (exact) mass is 548 g/mol. The second-order valence-corrected chi connectivity index (χ2v) is 10.8. The van der Waals surface area contributed by atoms with Crippen LogP contribution in [0.25, 0.3) is 22.0 Å². The van der Waals surface area contributed by atoms with Gasteiger partial charge in [0.1, 0.15) is 23.8 Å². The molecule has 0 radical (unpaired) electrons. The lowest BCUT2D eigenvalue weighted by Crippen LogP contribution is -2.34. The predicted molar refractivity (Wildman–Crippen MR) is 145 cm³/mol. The van der Waals surface area contributed by atoms with Crippen LogP contribution in [0.3, 0.4) is 0 Å². The molecule has 2 fully saturated rings. The Morgan fingerprint density at radius 3 is 2.58 bits per heavy atom. The molecule has 9 nitrogen and oxygen atoms in total. The fraction of sp³-hybridized carbons (Fsp3) is 0.414. The summed E-state index contributed by atoms with van der Waals surface area (Å²) >= 11 is 0. The number of aromatic nitrogens is 4. The SMILES string of the molecule is CC(C)c1nc(C2CCN(c3ncnc4c(-c5ccc(N6CC(CO)CC6=O)c(F)c5)ccc(F)c34)CC2)no1. The van der Waals surface area contributed by atoms with Gasteiger partial charge in [0.25, 0.3) is 0 Å².